The van der Waals surface area contributed by atoms with Crippen LogP contribution >= 0.6 is 0 Å². The van der Waals surface area contributed by atoms with E-state index in [0.717, 1.165) is 11.6 Å². The Labute approximate surface area is 119 Å². The highest BCUT2D eigenvalue weighted by molar-refractivity contribution is 5.33. The molecule has 0 aromatic heterocycles. The van der Waals surface area contributed by atoms with Gasteiger partial charge in [-0.1, -0.05) is 23.8 Å². The topological polar surface area (TPSA) is 32.3 Å². The Morgan fingerprint density at radius 1 is 1.15 bits per heavy atom. The largest absolute Gasteiger partial charge is 0.508 e. The second kappa shape index (κ2) is 6.06. The minimum Gasteiger partial charge on any atom is -0.508 e. The standard InChI is InChI=1S/C17H20FNO/c1-11-4-5-12(2)17(6-11)13(3)19-10-14-7-15(18)9-16(20)8-14/h4-9,13,19-20H,10H2,1-3H3. The second-order valence-corrected chi connectivity index (χ2v) is 5.28. The fourth-order valence-corrected chi connectivity index (χ4v) is 2.34. The lowest BCUT2D eigenvalue weighted by molar-refractivity contribution is 0.466. The highest BCUT2D eigenvalue weighted by atomic mass is 19.1. The SMILES string of the molecule is Cc1ccc(C)c(C(C)NCc2cc(O)cc(F)c2)c1. The quantitative estimate of drug-likeness (QED) is 0.882. The predicted octanol–water partition coefficient (Wildman–Crippen LogP) is 4.00. The molecule has 0 bridgehead atoms. The summed E-state index contributed by atoms with van der Waals surface area (Å²) in [6, 6.07) is 10.6. The molecule has 2 rings (SSSR count). The first-order chi connectivity index (χ1) is 9.45. The predicted molar refractivity (Wildman–Crippen MR) is 79.2 cm³/mol. The Morgan fingerprint density at radius 3 is 2.60 bits per heavy atom. The van der Waals surface area contributed by atoms with Crippen molar-refractivity contribution in [3.8, 4) is 5.75 Å². The van der Waals surface area contributed by atoms with Gasteiger partial charge in [0.05, 0.1) is 0 Å². The van der Waals surface area contributed by atoms with Crippen LogP contribution in [0.2, 0.25) is 0 Å². The molecule has 2 N–H and O–H groups in total. The van der Waals surface area contributed by atoms with E-state index in [0.29, 0.717) is 6.54 Å². The van der Waals surface area contributed by atoms with Crippen molar-refractivity contribution < 1.29 is 9.50 Å². The number of aromatic hydroxyl groups is 1. The van der Waals surface area contributed by atoms with E-state index in [2.05, 4.69) is 44.3 Å². The Kier molecular flexibility index (Phi) is 4.40. The van der Waals surface area contributed by atoms with E-state index in [1.807, 2.05) is 0 Å². The summed E-state index contributed by atoms with van der Waals surface area (Å²) in [5, 5.41) is 12.7. The zero-order valence-corrected chi connectivity index (χ0v) is 12.1. The normalized spacial score (nSPS) is 12.4. The van der Waals surface area contributed by atoms with Gasteiger partial charge in [-0.3, -0.25) is 0 Å². The number of aryl methyl sites for hydroxylation is 2. The average molecular weight is 273 g/mol. The van der Waals surface area contributed by atoms with Crippen LogP contribution in [0, 0.1) is 19.7 Å². The minimum atomic E-state index is -0.416. The lowest BCUT2D eigenvalue weighted by Gasteiger charge is -2.17. The van der Waals surface area contributed by atoms with Crippen LogP contribution in [0.5, 0.6) is 5.75 Å². The van der Waals surface area contributed by atoms with E-state index in [1.165, 1.54) is 22.8 Å². The Balaban J connectivity index is 2.08. The molecule has 0 amide bonds. The first-order valence-corrected chi connectivity index (χ1v) is 6.74. The van der Waals surface area contributed by atoms with Gasteiger partial charge < -0.3 is 10.4 Å². The fourth-order valence-electron chi connectivity index (χ4n) is 2.34. The lowest BCUT2D eigenvalue weighted by atomic mass is 10.00. The van der Waals surface area contributed by atoms with E-state index in [-0.39, 0.29) is 11.8 Å². The van der Waals surface area contributed by atoms with Gasteiger partial charge in [0, 0.05) is 18.7 Å². The van der Waals surface area contributed by atoms with Crippen LogP contribution < -0.4 is 5.32 Å². The van der Waals surface area contributed by atoms with Gasteiger partial charge in [-0.25, -0.2) is 4.39 Å². The Bertz CT molecular complexity index is 590. The van der Waals surface area contributed by atoms with Crippen molar-refractivity contribution in [3.63, 3.8) is 0 Å². The molecule has 0 fully saturated rings. The van der Waals surface area contributed by atoms with Gasteiger partial charge in [-0.05, 0) is 49.6 Å². The molecule has 2 aromatic carbocycles. The molecule has 2 nitrogen and oxygen atoms in total. The highest BCUT2D eigenvalue weighted by Crippen LogP contribution is 2.20. The maximum absolute atomic E-state index is 13.2. The minimum absolute atomic E-state index is 0.0406. The molecule has 106 valence electrons. The molecule has 0 heterocycles. The molecule has 0 aliphatic heterocycles. The lowest BCUT2D eigenvalue weighted by Crippen LogP contribution is -2.19. The van der Waals surface area contributed by atoms with Gasteiger partial charge in [0.25, 0.3) is 0 Å². The summed E-state index contributed by atoms with van der Waals surface area (Å²) in [6.45, 7) is 6.75. The second-order valence-electron chi connectivity index (χ2n) is 5.28. The summed E-state index contributed by atoms with van der Waals surface area (Å²) in [5.41, 5.74) is 4.44. The number of rotatable bonds is 4. The third-order valence-electron chi connectivity index (χ3n) is 3.46. The fraction of sp³-hybridized carbons (Fsp3) is 0.294. The van der Waals surface area contributed by atoms with Gasteiger partial charge in [-0.15, -0.1) is 0 Å². The van der Waals surface area contributed by atoms with Crippen molar-refractivity contribution in [1.82, 2.24) is 5.32 Å². The van der Waals surface area contributed by atoms with Crippen LogP contribution in [0.3, 0.4) is 0 Å². The maximum atomic E-state index is 13.2. The molecule has 1 atom stereocenters. The molecule has 0 saturated carbocycles. The van der Waals surface area contributed by atoms with Gasteiger partial charge in [0.15, 0.2) is 0 Å². The van der Waals surface area contributed by atoms with E-state index >= 15 is 0 Å². The molecular weight excluding hydrogens is 253 g/mol. The number of hydrogen-bond acceptors (Lipinski definition) is 2. The first kappa shape index (κ1) is 14.5. The van der Waals surface area contributed by atoms with Crippen molar-refractivity contribution in [2.24, 2.45) is 0 Å². The first-order valence-electron chi connectivity index (χ1n) is 6.74. The monoisotopic (exact) mass is 273 g/mol. The molecule has 1 unspecified atom stereocenters. The van der Waals surface area contributed by atoms with Crippen LogP contribution in [0.4, 0.5) is 4.39 Å². The maximum Gasteiger partial charge on any atom is 0.127 e. The Morgan fingerprint density at radius 2 is 1.90 bits per heavy atom. The van der Waals surface area contributed by atoms with Crippen LogP contribution in [-0.2, 0) is 6.54 Å². The molecule has 0 aliphatic rings. The van der Waals surface area contributed by atoms with Crippen molar-refractivity contribution in [1.29, 1.82) is 0 Å². The van der Waals surface area contributed by atoms with E-state index in [4.69, 9.17) is 0 Å². The number of phenolic OH excluding ortho intramolecular Hbond substituents is 1. The van der Waals surface area contributed by atoms with E-state index < -0.39 is 5.82 Å². The zero-order valence-electron chi connectivity index (χ0n) is 12.1. The molecule has 0 aliphatic carbocycles. The van der Waals surface area contributed by atoms with Crippen LogP contribution in [-0.4, -0.2) is 5.11 Å². The summed E-state index contributed by atoms with van der Waals surface area (Å²) in [7, 11) is 0. The number of halogens is 1. The summed E-state index contributed by atoms with van der Waals surface area (Å²) in [5.74, 6) is -0.456. The van der Waals surface area contributed by atoms with Crippen molar-refractivity contribution >= 4 is 0 Å². The molecule has 0 spiro atoms. The molecule has 20 heavy (non-hydrogen) atoms. The van der Waals surface area contributed by atoms with Gasteiger partial charge in [-0.2, -0.15) is 0 Å². The zero-order chi connectivity index (χ0) is 14.7. The van der Waals surface area contributed by atoms with E-state index in [9.17, 15) is 9.50 Å². The van der Waals surface area contributed by atoms with Gasteiger partial charge in [0.1, 0.15) is 11.6 Å². The smallest absolute Gasteiger partial charge is 0.127 e. The van der Waals surface area contributed by atoms with Crippen molar-refractivity contribution in [2.45, 2.75) is 33.4 Å². The number of nitrogens with one attached hydrogen (secondary N) is 1. The summed E-state index contributed by atoms with van der Waals surface area (Å²) >= 11 is 0. The number of benzene rings is 2. The molecule has 0 saturated heterocycles. The van der Waals surface area contributed by atoms with Gasteiger partial charge >= 0.3 is 0 Å². The average Bonchev–Trinajstić information content (AvgIpc) is 2.38. The molecule has 0 radical (unpaired) electrons. The van der Waals surface area contributed by atoms with Gasteiger partial charge in [0.2, 0.25) is 0 Å². The number of hydrogen-bond donors (Lipinski definition) is 2. The third kappa shape index (κ3) is 3.58. The summed E-state index contributed by atoms with van der Waals surface area (Å²) < 4.78 is 13.2. The molecule has 3 heteroatoms. The molecule has 2 aromatic rings. The third-order valence-corrected chi connectivity index (χ3v) is 3.46. The van der Waals surface area contributed by atoms with Crippen molar-refractivity contribution in [3.05, 3.63) is 64.5 Å². The van der Waals surface area contributed by atoms with Crippen LogP contribution in [0.15, 0.2) is 36.4 Å². The van der Waals surface area contributed by atoms with Crippen molar-refractivity contribution in [2.75, 3.05) is 0 Å². The summed E-state index contributed by atoms with van der Waals surface area (Å²) in [4.78, 5) is 0. The highest BCUT2D eigenvalue weighted by Gasteiger charge is 2.09. The van der Waals surface area contributed by atoms with E-state index in [1.54, 1.807) is 6.07 Å². The summed E-state index contributed by atoms with van der Waals surface area (Å²) in [6.07, 6.45) is 0. The van der Waals surface area contributed by atoms with Crippen LogP contribution in [0.1, 0.15) is 35.2 Å². The van der Waals surface area contributed by atoms with Crippen LogP contribution in [0.25, 0.3) is 0 Å². The molecular formula is C17H20FNO. The Hall–Kier alpha value is -1.87. The number of phenols is 1.